The van der Waals surface area contributed by atoms with E-state index < -0.39 is 0 Å². The Bertz CT molecular complexity index is 360. The van der Waals surface area contributed by atoms with E-state index in [1.807, 2.05) is 6.92 Å². The minimum atomic E-state index is 0.120. The third-order valence-electron chi connectivity index (χ3n) is 3.32. The number of phenols is 1. The smallest absolute Gasteiger partial charge is 0.163 e. The van der Waals surface area contributed by atoms with Crippen LogP contribution in [0, 0.1) is 6.92 Å². The van der Waals surface area contributed by atoms with Crippen LogP contribution in [0.1, 0.15) is 24.0 Å². The number of benzene rings is 1. The molecule has 3 N–H and O–H groups in total. The molecule has 1 saturated carbocycles. The molecule has 2 rings (SSSR count). The number of aryl methyl sites for hydroxylation is 1. The Labute approximate surface area is 89.9 Å². The molecule has 1 aliphatic carbocycles. The van der Waals surface area contributed by atoms with E-state index in [-0.39, 0.29) is 11.2 Å². The van der Waals surface area contributed by atoms with Gasteiger partial charge in [0.05, 0.1) is 7.11 Å². The zero-order valence-electron chi connectivity index (χ0n) is 9.21. The van der Waals surface area contributed by atoms with Crippen molar-refractivity contribution in [3.8, 4) is 11.5 Å². The van der Waals surface area contributed by atoms with E-state index >= 15 is 0 Å². The van der Waals surface area contributed by atoms with Gasteiger partial charge in [-0.25, -0.2) is 0 Å². The minimum Gasteiger partial charge on any atom is -0.504 e. The van der Waals surface area contributed by atoms with Gasteiger partial charge in [0.1, 0.15) is 0 Å². The maximum absolute atomic E-state index is 9.79. The molecule has 15 heavy (non-hydrogen) atoms. The second-order valence-electron chi connectivity index (χ2n) is 4.33. The number of methoxy groups -OCH3 is 1. The number of hydrogen-bond donors (Lipinski definition) is 2. The molecular formula is C12H17NO2. The van der Waals surface area contributed by atoms with Crippen LogP contribution in [0.25, 0.3) is 0 Å². The first kappa shape index (κ1) is 10.3. The number of ether oxygens (including phenoxy) is 1. The van der Waals surface area contributed by atoms with Gasteiger partial charge in [0, 0.05) is 12.0 Å². The molecule has 0 aliphatic heterocycles. The fourth-order valence-electron chi connectivity index (χ4n) is 2.09. The third-order valence-corrected chi connectivity index (χ3v) is 3.32. The van der Waals surface area contributed by atoms with Gasteiger partial charge in [-0.1, -0.05) is 6.07 Å². The van der Waals surface area contributed by atoms with Crippen molar-refractivity contribution in [1.82, 2.24) is 0 Å². The second kappa shape index (κ2) is 3.42. The molecule has 0 aromatic heterocycles. The number of phenolic OH excluding ortho intramolecular Hbond substituents is 1. The summed E-state index contributed by atoms with van der Waals surface area (Å²) in [4.78, 5) is 0. The van der Waals surface area contributed by atoms with Crippen molar-refractivity contribution in [3.05, 3.63) is 23.3 Å². The lowest BCUT2D eigenvalue weighted by Crippen LogP contribution is -2.19. The summed E-state index contributed by atoms with van der Waals surface area (Å²) in [5.41, 5.74) is 7.98. The Morgan fingerprint density at radius 1 is 1.47 bits per heavy atom. The van der Waals surface area contributed by atoms with Crippen molar-refractivity contribution in [1.29, 1.82) is 0 Å². The summed E-state index contributed by atoms with van der Waals surface area (Å²) in [5.74, 6) is 0.777. The molecule has 3 heteroatoms. The fourth-order valence-corrected chi connectivity index (χ4v) is 2.09. The van der Waals surface area contributed by atoms with Gasteiger partial charge in [-0.05, 0) is 37.0 Å². The minimum absolute atomic E-state index is 0.120. The van der Waals surface area contributed by atoms with E-state index in [0.29, 0.717) is 12.3 Å². The van der Waals surface area contributed by atoms with E-state index in [1.165, 1.54) is 0 Å². The van der Waals surface area contributed by atoms with E-state index in [1.54, 1.807) is 13.2 Å². The van der Waals surface area contributed by atoms with E-state index in [4.69, 9.17) is 10.5 Å². The highest BCUT2D eigenvalue weighted by molar-refractivity contribution is 5.51. The zero-order valence-corrected chi connectivity index (χ0v) is 9.21. The summed E-state index contributed by atoms with van der Waals surface area (Å²) in [6.45, 7) is 2.59. The molecule has 0 saturated heterocycles. The van der Waals surface area contributed by atoms with Crippen molar-refractivity contribution in [2.45, 2.75) is 25.2 Å². The zero-order chi connectivity index (χ0) is 11.1. The highest BCUT2D eigenvalue weighted by atomic mass is 16.5. The van der Waals surface area contributed by atoms with Crippen molar-refractivity contribution < 1.29 is 9.84 Å². The van der Waals surface area contributed by atoms with Crippen molar-refractivity contribution in [2.24, 2.45) is 5.73 Å². The van der Waals surface area contributed by atoms with Crippen molar-refractivity contribution in [2.75, 3.05) is 13.7 Å². The number of aromatic hydroxyl groups is 1. The molecule has 1 aromatic carbocycles. The first-order chi connectivity index (χ1) is 7.13. The summed E-state index contributed by atoms with van der Waals surface area (Å²) in [5, 5.41) is 9.79. The number of nitrogens with two attached hydrogens (primary N) is 1. The first-order valence-corrected chi connectivity index (χ1v) is 5.21. The predicted molar refractivity (Wildman–Crippen MR) is 59.4 cm³/mol. The van der Waals surface area contributed by atoms with Gasteiger partial charge in [0.25, 0.3) is 0 Å². The molecule has 82 valence electrons. The first-order valence-electron chi connectivity index (χ1n) is 5.21. The van der Waals surface area contributed by atoms with Gasteiger partial charge in [-0.3, -0.25) is 0 Å². The highest BCUT2D eigenvalue weighted by Crippen LogP contribution is 2.49. The normalized spacial score (nSPS) is 17.5. The van der Waals surface area contributed by atoms with Crippen molar-refractivity contribution in [3.63, 3.8) is 0 Å². The second-order valence-corrected chi connectivity index (χ2v) is 4.33. The molecule has 1 aromatic rings. The summed E-state index contributed by atoms with van der Waals surface area (Å²) >= 11 is 0. The predicted octanol–water partition coefficient (Wildman–Crippen LogP) is 1.70. The topological polar surface area (TPSA) is 55.5 Å². The average molecular weight is 207 g/mol. The van der Waals surface area contributed by atoms with Crippen molar-refractivity contribution >= 4 is 0 Å². The summed E-state index contributed by atoms with van der Waals surface area (Å²) in [6.07, 6.45) is 2.24. The van der Waals surface area contributed by atoms with Crippen LogP contribution < -0.4 is 10.5 Å². The van der Waals surface area contributed by atoms with Gasteiger partial charge in [-0.2, -0.15) is 0 Å². The maximum atomic E-state index is 9.79. The Morgan fingerprint density at radius 3 is 2.53 bits per heavy atom. The number of hydrogen-bond acceptors (Lipinski definition) is 3. The SMILES string of the molecule is COc1c(C)cc(C2(CN)CC2)cc1O. The lowest BCUT2D eigenvalue weighted by Gasteiger charge is -2.16. The lowest BCUT2D eigenvalue weighted by molar-refractivity contribution is 0.370. The molecule has 3 nitrogen and oxygen atoms in total. The molecular weight excluding hydrogens is 190 g/mol. The van der Waals surface area contributed by atoms with Crippen LogP contribution in [-0.2, 0) is 5.41 Å². The van der Waals surface area contributed by atoms with Crippen LogP contribution in [0.15, 0.2) is 12.1 Å². The fraction of sp³-hybridized carbons (Fsp3) is 0.500. The van der Waals surface area contributed by atoms with E-state index in [0.717, 1.165) is 24.0 Å². The van der Waals surface area contributed by atoms with Gasteiger partial charge >= 0.3 is 0 Å². The molecule has 0 heterocycles. The largest absolute Gasteiger partial charge is 0.504 e. The van der Waals surface area contributed by atoms with Gasteiger partial charge < -0.3 is 15.6 Å². The molecule has 0 unspecified atom stereocenters. The lowest BCUT2D eigenvalue weighted by atomic mass is 9.94. The maximum Gasteiger partial charge on any atom is 0.163 e. The summed E-state index contributed by atoms with van der Waals surface area (Å²) in [7, 11) is 1.57. The van der Waals surface area contributed by atoms with Gasteiger partial charge in [0.15, 0.2) is 11.5 Å². The summed E-state index contributed by atoms with van der Waals surface area (Å²) in [6, 6.07) is 3.85. The standard InChI is InChI=1S/C12H17NO2/c1-8-5-9(12(7-13)3-4-12)6-10(14)11(8)15-2/h5-6,14H,3-4,7,13H2,1-2H3. The molecule has 0 bridgehead atoms. The Balaban J connectivity index is 2.44. The highest BCUT2D eigenvalue weighted by Gasteiger charge is 2.43. The third kappa shape index (κ3) is 1.57. The molecule has 0 spiro atoms. The van der Waals surface area contributed by atoms with Crippen LogP contribution in [0.3, 0.4) is 0 Å². The average Bonchev–Trinajstić information content (AvgIpc) is 2.97. The Kier molecular flexibility index (Phi) is 2.35. The number of rotatable bonds is 3. The van der Waals surface area contributed by atoms with Crippen LogP contribution in [0.2, 0.25) is 0 Å². The molecule has 1 aliphatic rings. The molecule has 0 radical (unpaired) electrons. The molecule has 1 fully saturated rings. The van der Waals surface area contributed by atoms with E-state index in [2.05, 4.69) is 6.07 Å². The summed E-state index contributed by atoms with van der Waals surface area (Å²) < 4.78 is 5.12. The monoisotopic (exact) mass is 207 g/mol. The molecule has 0 amide bonds. The van der Waals surface area contributed by atoms with E-state index in [9.17, 15) is 5.11 Å². The molecule has 0 atom stereocenters. The van der Waals surface area contributed by atoms with Gasteiger partial charge in [-0.15, -0.1) is 0 Å². The van der Waals surface area contributed by atoms with Gasteiger partial charge in [0.2, 0.25) is 0 Å². The Hall–Kier alpha value is -1.22. The Morgan fingerprint density at radius 2 is 2.13 bits per heavy atom. The van der Waals surface area contributed by atoms with Crippen LogP contribution in [-0.4, -0.2) is 18.8 Å². The quantitative estimate of drug-likeness (QED) is 0.793. The van der Waals surface area contributed by atoms with Crippen LogP contribution in [0.5, 0.6) is 11.5 Å². The van der Waals surface area contributed by atoms with Crippen LogP contribution in [0.4, 0.5) is 0 Å². The van der Waals surface area contributed by atoms with Crippen LogP contribution >= 0.6 is 0 Å².